The molecule has 0 radical (unpaired) electrons. The van der Waals surface area contributed by atoms with Gasteiger partial charge in [-0.1, -0.05) is 0 Å². The Kier molecular flexibility index (Phi) is 2.33. The van der Waals surface area contributed by atoms with Crippen LogP contribution in [0, 0.1) is 22.1 Å². The molecule has 3 nitrogen and oxygen atoms in total. The molecular weight excluding hydrogens is 97.0 g/mol. The van der Waals surface area contributed by atoms with E-state index >= 15 is 0 Å². The lowest BCUT2D eigenvalue weighted by Gasteiger charge is -1.73. The molecule has 0 bridgehead atoms. The zero-order valence-corrected chi connectivity index (χ0v) is 3.81. The van der Waals surface area contributed by atoms with Crippen LogP contribution >= 0.6 is 8.07 Å². The first-order chi connectivity index (χ1) is 2.81. The number of rotatable bonds is 0. The molecule has 0 aliphatic rings. The summed E-state index contributed by atoms with van der Waals surface area (Å²) >= 11 is 0. The minimum Gasteiger partial charge on any atom is -0.286 e. The lowest BCUT2D eigenvalue weighted by Crippen LogP contribution is -1.76. The van der Waals surface area contributed by atoms with Crippen LogP contribution in [0.25, 0.3) is 0 Å². The van der Waals surface area contributed by atoms with E-state index in [0.29, 0.717) is 0 Å². The molecule has 0 fully saturated rings. The van der Waals surface area contributed by atoms with Gasteiger partial charge in [0.05, 0.1) is 0 Å². The lowest BCUT2D eigenvalue weighted by atomic mass is 11.8. The molecule has 2 N–H and O–H groups in total. The number of nitrogens with two attached hydrogens (primary N) is 1. The smallest absolute Gasteiger partial charge is 0.178 e. The third kappa shape index (κ3) is 1.67. The van der Waals surface area contributed by atoms with Crippen molar-refractivity contribution in [3.8, 4) is 11.6 Å². The third-order valence-electron chi connectivity index (χ3n) is 0.215. The van der Waals surface area contributed by atoms with Crippen LogP contribution in [0.1, 0.15) is 0 Å². The zero-order valence-electron chi connectivity index (χ0n) is 2.92. The summed E-state index contributed by atoms with van der Waals surface area (Å²) in [6, 6.07) is 0. The molecule has 6 heavy (non-hydrogen) atoms. The third-order valence-corrected chi connectivity index (χ3v) is 0.646. The SMILES string of the molecule is N#CP(N)C#N. The Labute approximate surface area is 36.8 Å². The molecule has 0 saturated heterocycles. The van der Waals surface area contributed by atoms with Crippen molar-refractivity contribution in [2.24, 2.45) is 5.50 Å². The van der Waals surface area contributed by atoms with Crippen molar-refractivity contribution in [2.75, 3.05) is 0 Å². The van der Waals surface area contributed by atoms with Crippen molar-refractivity contribution in [3.63, 3.8) is 0 Å². The maximum atomic E-state index is 7.77. The normalized spacial score (nSPS) is 6.67. The molecular formula is C2H2N3P. The predicted octanol–water partition coefficient (Wildman–Crippen LogP) is 0.304. The Hall–Kier alpha value is -0.630. The van der Waals surface area contributed by atoms with E-state index in [4.69, 9.17) is 16.0 Å². The zero-order chi connectivity index (χ0) is 4.99. The molecule has 0 aliphatic carbocycles. The molecule has 4 heteroatoms. The highest BCUT2D eigenvalue weighted by Gasteiger charge is 1.89. The van der Waals surface area contributed by atoms with E-state index in [0.717, 1.165) is 0 Å². The van der Waals surface area contributed by atoms with Crippen LogP contribution in [0.4, 0.5) is 0 Å². The fourth-order valence-electron chi connectivity index (χ4n) is 0.0224. The first-order valence-corrected chi connectivity index (χ1v) is 2.56. The van der Waals surface area contributed by atoms with Gasteiger partial charge in [-0.05, 0) is 0 Å². The van der Waals surface area contributed by atoms with E-state index in [9.17, 15) is 0 Å². The Balaban J connectivity index is 3.40. The largest absolute Gasteiger partial charge is 0.286 e. The first kappa shape index (κ1) is 5.37. The minimum atomic E-state index is -1.47. The van der Waals surface area contributed by atoms with E-state index < -0.39 is 8.07 Å². The predicted molar refractivity (Wildman–Crippen MR) is 22.3 cm³/mol. The fourth-order valence-corrected chi connectivity index (χ4v) is 0.0671. The topological polar surface area (TPSA) is 73.6 Å². The van der Waals surface area contributed by atoms with Gasteiger partial charge in [-0.3, -0.25) is 5.50 Å². The van der Waals surface area contributed by atoms with E-state index in [1.165, 1.54) is 0 Å². The summed E-state index contributed by atoms with van der Waals surface area (Å²) in [6.07, 6.45) is 0. The van der Waals surface area contributed by atoms with Gasteiger partial charge >= 0.3 is 0 Å². The molecule has 0 amide bonds. The monoisotopic (exact) mass is 99.0 g/mol. The number of nitrogens with zero attached hydrogens (tertiary/aromatic N) is 2. The molecule has 0 aliphatic heterocycles. The Bertz CT molecular complexity index is 92.9. The summed E-state index contributed by atoms with van der Waals surface area (Å²) in [4.78, 5) is 0. The van der Waals surface area contributed by atoms with Crippen LogP contribution < -0.4 is 5.50 Å². The number of hydrogen-bond donors (Lipinski definition) is 1. The van der Waals surface area contributed by atoms with Gasteiger partial charge in [-0.2, -0.15) is 10.5 Å². The van der Waals surface area contributed by atoms with Crippen molar-refractivity contribution in [3.05, 3.63) is 0 Å². The van der Waals surface area contributed by atoms with Gasteiger partial charge < -0.3 is 0 Å². The van der Waals surface area contributed by atoms with Gasteiger partial charge in [0.15, 0.2) is 8.07 Å². The van der Waals surface area contributed by atoms with Crippen LogP contribution in [-0.2, 0) is 0 Å². The van der Waals surface area contributed by atoms with Gasteiger partial charge in [-0.15, -0.1) is 0 Å². The minimum absolute atomic E-state index is 1.47. The summed E-state index contributed by atoms with van der Waals surface area (Å²) in [5.74, 6) is 3.19. The second-order valence-corrected chi connectivity index (χ2v) is 1.71. The highest BCUT2D eigenvalue weighted by atomic mass is 31.1. The molecule has 0 atom stereocenters. The van der Waals surface area contributed by atoms with Crippen LogP contribution in [-0.4, -0.2) is 0 Å². The molecule has 0 spiro atoms. The maximum Gasteiger partial charge on any atom is 0.178 e. The quantitative estimate of drug-likeness (QED) is 0.444. The molecule has 0 rings (SSSR count). The standard InChI is InChI=1S/C2H2N3P/c3-1-6(5)2-4/h5H2. The fraction of sp³-hybridized carbons (Fsp3) is 0. The van der Waals surface area contributed by atoms with E-state index in [1.807, 2.05) is 0 Å². The Morgan fingerprint density at radius 2 is 1.67 bits per heavy atom. The molecule has 0 heterocycles. The first-order valence-electron chi connectivity index (χ1n) is 1.15. The van der Waals surface area contributed by atoms with Crippen molar-refractivity contribution < 1.29 is 0 Å². The number of hydrogen-bond acceptors (Lipinski definition) is 3. The summed E-state index contributed by atoms with van der Waals surface area (Å²) in [7, 11) is -1.47. The molecule has 0 unspecified atom stereocenters. The molecule has 0 saturated carbocycles. The van der Waals surface area contributed by atoms with Crippen molar-refractivity contribution >= 4 is 8.07 Å². The number of nitriles is 2. The van der Waals surface area contributed by atoms with Crippen molar-refractivity contribution in [1.29, 1.82) is 10.5 Å². The van der Waals surface area contributed by atoms with E-state index in [-0.39, 0.29) is 0 Å². The highest BCUT2D eigenvalue weighted by molar-refractivity contribution is 7.65. The summed E-state index contributed by atoms with van der Waals surface area (Å²) in [6.45, 7) is 0. The lowest BCUT2D eigenvalue weighted by molar-refractivity contribution is 1.54. The molecule has 30 valence electrons. The van der Waals surface area contributed by atoms with Crippen LogP contribution in [0.15, 0.2) is 0 Å². The van der Waals surface area contributed by atoms with E-state index in [1.54, 1.807) is 11.6 Å². The van der Waals surface area contributed by atoms with Gasteiger partial charge in [0.2, 0.25) is 0 Å². The van der Waals surface area contributed by atoms with Crippen LogP contribution in [0.3, 0.4) is 0 Å². The Morgan fingerprint density at radius 3 is 1.67 bits per heavy atom. The van der Waals surface area contributed by atoms with Gasteiger partial charge in [0, 0.05) is 0 Å². The van der Waals surface area contributed by atoms with Gasteiger partial charge in [0.25, 0.3) is 0 Å². The summed E-state index contributed by atoms with van der Waals surface area (Å²) in [5, 5.41) is 15.5. The summed E-state index contributed by atoms with van der Waals surface area (Å²) in [5.41, 5.74) is 4.81. The molecule has 0 aromatic rings. The average Bonchev–Trinajstić information content (AvgIpc) is 1.65. The van der Waals surface area contributed by atoms with Gasteiger partial charge in [-0.25, -0.2) is 0 Å². The highest BCUT2D eigenvalue weighted by Crippen LogP contribution is 2.17. The van der Waals surface area contributed by atoms with Crippen LogP contribution in [0.2, 0.25) is 0 Å². The van der Waals surface area contributed by atoms with Crippen molar-refractivity contribution in [1.82, 2.24) is 0 Å². The summed E-state index contributed by atoms with van der Waals surface area (Å²) < 4.78 is 0. The second-order valence-electron chi connectivity index (χ2n) is 0.570. The molecule has 0 aromatic heterocycles. The molecule has 0 aromatic carbocycles. The van der Waals surface area contributed by atoms with Gasteiger partial charge in [0.1, 0.15) is 11.6 Å². The Morgan fingerprint density at radius 1 is 1.33 bits per heavy atom. The van der Waals surface area contributed by atoms with E-state index in [2.05, 4.69) is 0 Å². The van der Waals surface area contributed by atoms with Crippen LogP contribution in [0.5, 0.6) is 0 Å². The second kappa shape index (κ2) is 2.60. The maximum absolute atomic E-state index is 7.77. The average molecular weight is 99.0 g/mol. The van der Waals surface area contributed by atoms with Crippen molar-refractivity contribution in [2.45, 2.75) is 0 Å².